The summed E-state index contributed by atoms with van der Waals surface area (Å²) < 4.78 is 0. The number of nitrogens with one attached hydrogen (secondary N) is 1. The summed E-state index contributed by atoms with van der Waals surface area (Å²) in [5.74, 6) is -0.0649. The van der Waals surface area contributed by atoms with Crippen molar-refractivity contribution in [1.82, 2.24) is 5.32 Å². The van der Waals surface area contributed by atoms with Crippen LogP contribution in [0.4, 0.5) is 0 Å². The van der Waals surface area contributed by atoms with Gasteiger partial charge in [-0.2, -0.15) is 0 Å². The van der Waals surface area contributed by atoms with E-state index in [-0.39, 0.29) is 12.5 Å². The first-order valence-corrected chi connectivity index (χ1v) is 32.6. The van der Waals surface area contributed by atoms with Crippen molar-refractivity contribution in [1.29, 1.82) is 0 Å². The van der Waals surface area contributed by atoms with Crippen LogP contribution in [0.15, 0.2) is 24.3 Å². The molecule has 0 bridgehead atoms. The Morgan fingerprint density at radius 1 is 0.329 bits per heavy atom. The summed E-state index contributed by atoms with van der Waals surface area (Å²) in [7, 11) is 0. The molecule has 0 aliphatic carbocycles. The summed E-state index contributed by atoms with van der Waals surface area (Å²) in [5.41, 5.74) is 0. The van der Waals surface area contributed by atoms with Crippen molar-refractivity contribution >= 4 is 5.91 Å². The number of rotatable bonds is 61. The van der Waals surface area contributed by atoms with Crippen LogP contribution in [0, 0.1) is 0 Å². The summed E-state index contributed by atoms with van der Waals surface area (Å²) >= 11 is 0. The van der Waals surface area contributed by atoms with Gasteiger partial charge in [0.1, 0.15) is 0 Å². The van der Waals surface area contributed by atoms with Crippen molar-refractivity contribution in [2.24, 2.45) is 0 Å². The third-order valence-electron chi connectivity index (χ3n) is 15.4. The van der Waals surface area contributed by atoms with Crippen LogP contribution < -0.4 is 5.32 Å². The van der Waals surface area contributed by atoms with Crippen LogP contribution >= 0.6 is 0 Å². The Balaban J connectivity index is 3.43. The molecule has 0 aromatic rings. The van der Waals surface area contributed by atoms with Gasteiger partial charge < -0.3 is 15.5 Å². The van der Waals surface area contributed by atoms with E-state index >= 15 is 0 Å². The van der Waals surface area contributed by atoms with Crippen molar-refractivity contribution < 1.29 is 15.0 Å². The standard InChI is InChI=1S/C66H129NO3/c1-3-5-7-9-11-13-15-17-19-21-23-25-27-29-30-31-32-33-34-35-36-37-38-40-42-44-46-48-50-52-54-56-58-60-62-66(70)67-64(63-68)65(69)61-59-57-55-53-51-49-47-45-43-41-39-28-26-24-22-20-18-16-14-12-10-8-6-4-2/h51,53,59,61,64-65,68-69H,3-50,52,54-58,60,62-63H2,1-2H3,(H,67,70)/b53-51+,61-59+. The lowest BCUT2D eigenvalue weighted by atomic mass is 10.0. The number of carbonyl (C=O) groups is 1. The number of aliphatic hydroxyl groups excluding tert-OH is 2. The average molecular weight is 985 g/mol. The first-order valence-electron chi connectivity index (χ1n) is 32.6. The predicted molar refractivity (Wildman–Crippen MR) is 313 cm³/mol. The van der Waals surface area contributed by atoms with Crippen molar-refractivity contribution in [2.45, 2.75) is 386 Å². The fourth-order valence-corrected chi connectivity index (χ4v) is 10.5. The van der Waals surface area contributed by atoms with E-state index in [0.29, 0.717) is 6.42 Å². The number of hydrogen-bond acceptors (Lipinski definition) is 3. The van der Waals surface area contributed by atoms with Gasteiger partial charge in [-0.15, -0.1) is 0 Å². The van der Waals surface area contributed by atoms with Gasteiger partial charge in [0.25, 0.3) is 0 Å². The van der Waals surface area contributed by atoms with E-state index in [1.54, 1.807) is 6.08 Å². The lowest BCUT2D eigenvalue weighted by Gasteiger charge is -2.19. The van der Waals surface area contributed by atoms with Gasteiger partial charge in [-0.1, -0.05) is 359 Å². The number of hydrogen-bond donors (Lipinski definition) is 3. The first-order chi connectivity index (χ1) is 34.7. The van der Waals surface area contributed by atoms with Crippen molar-refractivity contribution in [2.75, 3.05) is 6.61 Å². The molecule has 0 radical (unpaired) electrons. The van der Waals surface area contributed by atoms with Gasteiger partial charge in [0, 0.05) is 6.42 Å². The van der Waals surface area contributed by atoms with Crippen molar-refractivity contribution in [3.8, 4) is 0 Å². The average Bonchev–Trinajstić information content (AvgIpc) is 3.36. The Labute approximate surface area is 440 Å². The van der Waals surface area contributed by atoms with E-state index in [0.717, 1.165) is 32.1 Å². The Morgan fingerprint density at radius 3 is 0.829 bits per heavy atom. The molecule has 3 N–H and O–H groups in total. The lowest BCUT2D eigenvalue weighted by Crippen LogP contribution is -2.45. The highest BCUT2D eigenvalue weighted by molar-refractivity contribution is 5.76. The van der Waals surface area contributed by atoms with Crippen molar-refractivity contribution in [3.63, 3.8) is 0 Å². The number of aliphatic hydroxyl groups is 2. The second kappa shape index (κ2) is 62.2. The molecule has 0 spiro atoms. The topological polar surface area (TPSA) is 69.6 Å². The molecule has 0 aliphatic rings. The van der Waals surface area contributed by atoms with E-state index in [1.165, 1.54) is 321 Å². The fourth-order valence-electron chi connectivity index (χ4n) is 10.5. The van der Waals surface area contributed by atoms with Crippen LogP contribution in [0.1, 0.15) is 373 Å². The molecule has 0 saturated heterocycles. The number of amides is 1. The SMILES string of the molecule is CCCCCCCCCCCCCCCCCCCC/C=C/CC/C=C/C(O)C(CO)NC(=O)CCCCCCCCCCCCCCCCCCCCCCCCCCCCCCCCCCCC. The Kier molecular flexibility index (Phi) is 61.2. The van der Waals surface area contributed by atoms with Gasteiger partial charge in [0.05, 0.1) is 18.8 Å². The molecule has 0 saturated carbocycles. The molecule has 416 valence electrons. The quantitative estimate of drug-likeness (QED) is 0.0420. The van der Waals surface area contributed by atoms with Gasteiger partial charge in [-0.05, 0) is 32.1 Å². The maximum Gasteiger partial charge on any atom is 0.220 e. The van der Waals surface area contributed by atoms with Crippen LogP contribution in [0.25, 0.3) is 0 Å². The van der Waals surface area contributed by atoms with Crippen LogP contribution in [0.5, 0.6) is 0 Å². The molecule has 0 heterocycles. The van der Waals surface area contributed by atoms with Gasteiger partial charge in [0.15, 0.2) is 0 Å². The summed E-state index contributed by atoms with van der Waals surface area (Å²) in [4.78, 5) is 12.5. The molecule has 2 atom stereocenters. The zero-order valence-electron chi connectivity index (χ0n) is 48.1. The molecule has 0 aromatic carbocycles. The maximum atomic E-state index is 12.5. The van der Waals surface area contributed by atoms with E-state index in [2.05, 4.69) is 31.3 Å². The van der Waals surface area contributed by atoms with E-state index < -0.39 is 12.1 Å². The highest BCUT2D eigenvalue weighted by Crippen LogP contribution is 2.19. The molecule has 0 fully saturated rings. The molecule has 4 heteroatoms. The fraction of sp³-hybridized carbons (Fsp3) is 0.924. The zero-order chi connectivity index (χ0) is 50.6. The summed E-state index contributed by atoms with van der Waals surface area (Å²) in [6.45, 7) is 4.35. The Hall–Kier alpha value is -1.13. The van der Waals surface area contributed by atoms with Gasteiger partial charge >= 0.3 is 0 Å². The highest BCUT2D eigenvalue weighted by Gasteiger charge is 2.18. The minimum atomic E-state index is -0.860. The summed E-state index contributed by atoms with van der Waals surface area (Å²) in [6.07, 6.45) is 84.0. The Bertz CT molecular complexity index is 1020. The number of allylic oxidation sites excluding steroid dienone is 3. The maximum absolute atomic E-state index is 12.5. The molecule has 4 nitrogen and oxygen atoms in total. The molecule has 0 aliphatic heterocycles. The first kappa shape index (κ1) is 68.9. The highest BCUT2D eigenvalue weighted by atomic mass is 16.3. The van der Waals surface area contributed by atoms with Crippen LogP contribution in [0.3, 0.4) is 0 Å². The van der Waals surface area contributed by atoms with Gasteiger partial charge in [-0.3, -0.25) is 4.79 Å². The molecule has 0 rings (SSSR count). The third-order valence-corrected chi connectivity index (χ3v) is 15.4. The molecule has 0 aromatic heterocycles. The zero-order valence-corrected chi connectivity index (χ0v) is 48.1. The minimum absolute atomic E-state index is 0.0649. The summed E-state index contributed by atoms with van der Waals surface area (Å²) in [6, 6.07) is -0.637. The van der Waals surface area contributed by atoms with Crippen LogP contribution in [-0.2, 0) is 4.79 Å². The van der Waals surface area contributed by atoms with Gasteiger partial charge in [-0.25, -0.2) is 0 Å². The Morgan fingerprint density at radius 2 is 0.557 bits per heavy atom. The third kappa shape index (κ3) is 57.8. The molecule has 70 heavy (non-hydrogen) atoms. The number of carbonyl (C=O) groups excluding carboxylic acids is 1. The smallest absolute Gasteiger partial charge is 0.220 e. The van der Waals surface area contributed by atoms with Crippen LogP contribution in [-0.4, -0.2) is 34.9 Å². The normalized spacial score (nSPS) is 12.8. The molecular weight excluding hydrogens is 855 g/mol. The molecular formula is C66H129NO3. The van der Waals surface area contributed by atoms with Gasteiger partial charge in [0.2, 0.25) is 5.91 Å². The minimum Gasteiger partial charge on any atom is -0.394 e. The van der Waals surface area contributed by atoms with Crippen LogP contribution in [0.2, 0.25) is 0 Å². The second-order valence-corrected chi connectivity index (χ2v) is 22.5. The van der Waals surface area contributed by atoms with Crippen molar-refractivity contribution in [3.05, 3.63) is 24.3 Å². The largest absolute Gasteiger partial charge is 0.394 e. The van der Waals surface area contributed by atoms with E-state index in [9.17, 15) is 15.0 Å². The molecule has 1 amide bonds. The van der Waals surface area contributed by atoms with E-state index in [4.69, 9.17) is 0 Å². The second-order valence-electron chi connectivity index (χ2n) is 22.5. The van der Waals surface area contributed by atoms with E-state index in [1.807, 2.05) is 6.08 Å². The number of unbranched alkanes of at least 4 members (excludes halogenated alkanes) is 52. The predicted octanol–water partition coefficient (Wildman–Crippen LogP) is 21.8. The monoisotopic (exact) mass is 984 g/mol. The molecule has 2 unspecified atom stereocenters. The lowest BCUT2D eigenvalue weighted by molar-refractivity contribution is -0.123. The summed E-state index contributed by atoms with van der Waals surface area (Å²) in [5, 5.41) is 23.2.